The summed E-state index contributed by atoms with van der Waals surface area (Å²) in [6, 6.07) is 0.393. The average molecular weight is 258 g/mol. The Morgan fingerprint density at radius 2 is 1.72 bits per heavy atom. The van der Waals surface area contributed by atoms with Gasteiger partial charge in [0.1, 0.15) is 0 Å². The number of ether oxygens (including phenoxy) is 3. The van der Waals surface area contributed by atoms with Crippen LogP contribution in [0.3, 0.4) is 0 Å². The van der Waals surface area contributed by atoms with Gasteiger partial charge in [-0.15, -0.1) is 0 Å². The van der Waals surface area contributed by atoms with Gasteiger partial charge in [0.15, 0.2) is 5.79 Å². The SMILES string of the molecule is COC1(OC)CN(CCOC2CCC(N)CC2)C1. The van der Waals surface area contributed by atoms with Crippen LogP contribution in [-0.2, 0) is 14.2 Å². The lowest BCUT2D eigenvalue weighted by Gasteiger charge is -2.47. The first-order chi connectivity index (χ1) is 8.67. The van der Waals surface area contributed by atoms with Crippen LogP contribution in [0.1, 0.15) is 25.7 Å². The van der Waals surface area contributed by atoms with Gasteiger partial charge in [0, 0.05) is 26.8 Å². The highest BCUT2D eigenvalue weighted by Gasteiger charge is 2.43. The van der Waals surface area contributed by atoms with E-state index in [4.69, 9.17) is 19.9 Å². The minimum atomic E-state index is -0.377. The summed E-state index contributed by atoms with van der Waals surface area (Å²) in [7, 11) is 3.39. The molecule has 0 amide bonds. The molecule has 2 rings (SSSR count). The fourth-order valence-corrected chi connectivity index (χ4v) is 2.74. The number of hydrogen-bond acceptors (Lipinski definition) is 5. The summed E-state index contributed by atoms with van der Waals surface area (Å²) in [5.41, 5.74) is 5.87. The summed E-state index contributed by atoms with van der Waals surface area (Å²) in [5, 5.41) is 0. The highest BCUT2D eigenvalue weighted by Crippen LogP contribution is 2.25. The zero-order valence-corrected chi connectivity index (χ0v) is 11.6. The lowest BCUT2D eigenvalue weighted by Crippen LogP contribution is -2.64. The van der Waals surface area contributed by atoms with Gasteiger partial charge in [-0.05, 0) is 25.7 Å². The lowest BCUT2D eigenvalue weighted by molar-refractivity contribution is -0.276. The van der Waals surface area contributed by atoms with Gasteiger partial charge in [-0.2, -0.15) is 0 Å². The summed E-state index contributed by atoms with van der Waals surface area (Å²) in [6.45, 7) is 3.41. The molecular weight excluding hydrogens is 232 g/mol. The molecule has 1 heterocycles. The Morgan fingerprint density at radius 1 is 1.11 bits per heavy atom. The van der Waals surface area contributed by atoms with Crippen LogP contribution in [0.5, 0.6) is 0 Å². The topological polar surface area (TPSA) is 57.0 Å². The van der Waals surface area contributed by atoms with Crippen molar-refractivity contribution in [1.82, 2.24) is 4.90 Å². The largest absolute Gasteiger partial charge is 0.377 e. The van der Waals surface area contributed by atoms with Gasteiger partial charge in [0.2, 0.25) is 0 Å². The maximum absolute atomic E-state index is 5.89. The molecule has 2 fully saturated rings. The number of nitrogens with zero attached hydrogens (tertiary/aromatic N) is 1. The van der Waals surface area contributed by atoms with Gasteiger partial charge in [-0.3, -0.25) is 4.90 Å². The van der Waals surface area contributed by atoms with Crippen LogP contribution >= 0.6 is 0 Å². The van der Waals surface area contributed by atoms with Crippen molar-refractivity contribution in [2.24, 2.45) is 5.73 Å². The summed E-state index contributed by atoms with van der Waals surface area (Å²) in [4.78, 5) is 2.29. The number of hydrogen-bond donors (Lipinski definition) is 1. The molecule has 0 aromatic rings. The Morgan fingerprint density at radius 3 is 2.28 bits per heavy atom. The molecule has 2 aliphatic rings. The maximum atomic E-state index is 5.89. The van der Waals surface area contributed by atoms with Crippen LogP contribution in [0, 0.1) is 0 Å². The Hall–Kier alpha value is -0.200. The fourth-order valence-electron chi connectivity index (χ4n) is 2.74. The third-order valence-electron chi connectivity index (χ3n) is 4.15. The van der Waals surface area contributed by atoms with E-state index in [0.29, 0.717) is 12.1 Å². The van der Waals surface area contributed by atoms with Crippen LogP contribution < -0.4 is 5.73 Å². The number of nitrogens with two attached hydrogens (primary N) is 1. The first-order valence-electron chi connectivity index (χ1n) is 6.87. The predicted molar refractivity (Wildman–Crippen MR) is 69.4 cm³/mol. The standard InChI is InChI=1S/C13H26N2O3/c1-16-13(17-2)9-15(10-13)7-8-18-12-5-3-11(14)4-6-12/h11-12H,3-10,14H2,1-2H3. The van der Waals surface area contributed by atoms with E-state index in [1.54, 1.807) is 14.2 Å². The Kier molecular flexibility index (Phi) is 4.98. The second kappa shape index (κ2) is 6.30. The molecule has 0 spiro atoms. The molecule has 0 bridgehead atoms. The van der Waals surface area contributed by atoms with Crippen molar-refractivity contribution in [3.8, 4) is 0 Å². The summed E-state index contributed by atoms with van der Waals surface area (Å²) in [6.07, 6.45) is 4.85. The lowest BCUT2D eigenvalue weighted by atomic mass is 9.94. The molecule has 1 saturated carbocycles. The molecule has 1 saturated heterocycles. The number of rotatable bonds is 6. The van der Waals surface area contributed by atoms with Gasteiger partial charge < -0.3 is 19.9 Å². The van der Waals surface area contributed by atoms with Gasteiger partial charge in [0.05, 0.1) is 25.8 Å². The van der Waals surface area contributed by atoms with E-state index in [9.17, 15) is 0 Å². The van der Waals surface area contributed by atoms with E-state index in [1.807, 2.05) is 0 Å². The highest BCUT2D eigenvalue weighted by molar-refractivity contribution is 4.89. The predicted octanol–water partition coefficient (Wildman–Crippen LogP) is 0.578. The summed E-state index contributed by atoms with van der Waals surface area (Å²) < 4.78 is 16.6. The molecule has 0 atom stereocenters. The van der Waals surface area contributed by atoms with Gasteiger partial charge in [0.25, 0.3) is 0 Å². The molecule has 0 unspecified atom stereocenters. The molecule has 2 N–H and O–H groups in total. The first-order valence-corrected chi connectivity index (χ1v) is 6.87. The van der Waals surface area contributed by atoms with E-state index in [1.165, 1.54) is 0 Å². The minimum Gasteiger partial charge on any atom is -0.377 e. The molecule has 18 heavy (non-hydrogen) atoms. The van der Waals surface area contributed by atoms with E-state index < -0.39 is 0 Å². The molecule has 106 valence electrons. The normalized spacial score (nSPS) is 32.2. The van der Waals surface area contributed by atoms with Crippen LogP contribution in [0.25, 0.3) is 0 Å². The van der Waals surface area contributed by atoms with Crippen molar-refractivity contribution in [3.05, 3.63) is 0 Å². The first kappa shape index (κ1) is 14.2. The smallest absolute Gasteiger partial charge is 0.193 e. The summed E-state index contributed by atoms with van der Waals surface area (Å²) >= 11 is 0. The second-order valence-corrected chi connectivity index (χ2v) is 5.44. The van der Waals surface area contributed by atoms with Crippen LogP contribution in [0.4, 0.5) is 0 Å². The zero-order chi connectivity index (χ0) is 13.0. The third kappa shape index (κ3) is 3.42. The van der Waals surface area contributed by atoms with Gasteiger partial charge >= 0.3 is 0 Å². The van der Waals surface area contributed by atoms with E-state index in [2.05, 4.69) is 4.90 Å². The zero-order valence-electron chi connectivity index (χ0n) is 11.6. The third-order valence-corrected chi connectivity index (χ3v) is 4.15. The highest BCUT2D eigenvalue weighted by atomic mass is 16.7. The van der Waals surface area contributed by atoms with Crippen molar-refractivity contribution in [1.29, 1.82) is 0 Å². The van der Waals surface area contributed by atoms with Crippen LogP contribution in [-0.4, -0.2) is 63.3 Å². The van der Waals surface area contributed by atoms with E-state index in [0.717, 1.165) is 51.9 Å². The molecule has 1 aliphatic carbocycles. The average Bonchev–Trinajstić information content (AvgIpc) is 2.35. The molecule has 0 aromatic heterocycles. The van der Waals surface area contributed by atoms with Crippen LogP contribution in [0.2, 0.25) is 0 Å². The van der Waals surface area contributed by atoms with E-state index >= 15 is 0 Å². The number of likely N-dealkylation sites (tertiary alicyclic amines) is 1. The van der Waals surface area contributed by atoms with Crippen LogP contribution in [0.15, 0.2) is 0 Å². The monoisotopic (exact) mass is 258 g/mol. The van der Waals surface area contributed by atoms with Crippen molar-refractivity contribution in [2.75, 3.05) is 40.5 Å². The molecule has 0 radical (unpaired) electrons. The van der Waals surface area contributed by atoms with Crippen molar-refractivity contribution in [2.45, 2.75) is 43.6 Å². The number of methoxy groups -OCH3 is 2. The second-order valence-electron chi connectivity index (χ2n) is 5.44. The fraction of sp³-hybridized carbons (Fsp3) is 1.00. The van der Waals surface area contributed by atoms with Gasteiger partial charge in [-0.25, -0.2) is 0 Å². The molecule has 1 aliphatic heterocycles. The van der Waals surface area contributed by atoms with Crippen molar-refractivity contribution < 1.29 is 14.2 Å². The molecule has 0 aromatic carbocycles. The Bertz CT molecular complexity index is 243. The Balaban J connectivity index is 1.55. The quantitative estimate of drug-likeness (QED) is 0.706. The van der Waals surface area contributed by atoms with Gasteiger partial charge in [-0.1, -0.05) is 0 Å². The van der Waals surface area contributed by atoms with E-state index in [-0.39, 0.29) is 5.79 Å². The Labute approximate surface area is 110 Å². The molecule has 5 nitrogen and oxygen atoms in total. The summed E-state index contributed by atoms with van der Waals surface area (Å²) in [5.74, 6) is -0.377. The minimum absolute atomic E-state index is 0.377. The maximum Gasteiger partial charge on any atom is 0.193 e. The molecular formula is C13H26N2O3. The van der Waals surface area contributed by atoms with Crippen molar-refractivity contribution in [3.63, 3.8) is 0 Å². The van der Waals surface area contributed by atoms with Crippen molar-refractivity contribution >= 4 is 0 Å². The molecule has 5 heteroatoms.